The molecule has 0 saturated heterocycles. The molecular formula is C18H26S4. The van der Waals surface area contributed by atoms with Gasteiger partial charge in [-0.25, -0.2) is 0 Å². The molecule has 0 bridgehead atoms. The summed E-state index contributed by atoms with van der Waals surface area (Å²) in [5, 5.41) is 0. The molecule has 0 spiro atoms. The predicted molar refractivity (Wildman–Crippen MR) is 109 cm³/mol. The van der Waals surface area contributed by atoms with E-state index in [1.54, 1.807) is 0 Å². The molecule has 0 unspecified atom stereocenters. The molecule has 0 amide bonds. The fraction of sp³-hybridized carbons (Fsp3) is 0.556. The van der Waals surface area contributed by atoms with Crippen molar-refractivity contribution in [2.24, 2.45) is 0 Å². The van der Waals surface area contributed by atoms with E-state index in [0.29, 0.717) is 0 Å². The van der Waals surface area contributed by atoms with Crippen LogP contribution in [-0.4, -0.2) is 0 Å². The molecule has 0 saturated carbocycles. The number of rotatable bonds is 11. The lowest BCUT2D eigenvalue weighted by molar-refractivity contribution is 0.596. The fourth-order valence-electron chi connectivity index (χ4n) is 2.59. The number of aryl methyl sites for hydroxylation is 2. The van der Waals surface area contributed by atoms with Gasteiger partial charge < -0.3 is 0 Å². The van der Waals surface area contributed by atoms with Crippen LogP contribution in [0.15, 0.2) is 24.3 Å². The molecule has 0 aliphatic heterocycles. The van der Waals surface area contributed by atoms with Crippen LogP contribution in [0.3, 0.4) is 0 Å². The molecule has 2 rings (SSSR count). The number of hydrogen-bond acceptors (Lipinski definition) is 4. The molecular weight excluding hydrogens is 344 g/mol. The summed E-state index contributed by atoms with van der Waals surface area (Å²) < 4.78 is 0. The van der Waals surface area contributed by atoms with E-state index in [2.05, 4.69) is 49.5 Å². The average Bonchev–Trinajstić information content (AvgIpc) is 3.18. The Labute approximate surface area is 154 Å². The Morgan fingerprint density at radius 2 is 0.909 bits per heavy atom. The second kappa shape index (κ2) is 10.8. The molecule has 0 aliphatic carbocycles. The molecule has 0 radical (unpaired) electrons. The fourth-order valence-corrected chi connectivity index (χ4v) is 5.03. The zero-order chi connectivity index (χ0) is 15.6. The highest BCUT2D eigenvalue weighted by molar-refractivity contribution is 7.79. The standard InChI is InChI=1S/C18H26S4/c19-13-17-11-9-15(21-17)7-5-3-1-2-4-6-8-16-10-12-18(14-20)22-16/h9-12,19-20H,1-8,13-14H2. The van der Waals surface area contributed by atoms with Crippen molar-refractivity contribution in [2.45, 2.75) is 62.9 Å². The van der Waals surface area contributed by atoms with Crippen LogP contribution in [0.4, 0.5) is 0 Å². The van der Waals surface area contributed by atoms with Crippen molar-refractivity contribution in [1.29, 1.82) is 0 Å². The smallest absolute Gasteiger partial charge is 0.0248 e. The summed E-state index contributed by atoms with van der Waals surface area (Å²) in [6, 6.07) is 8.99. The van der Waals surface area contributed by atoms with Gasteiger partial charge in [0, 0.05) is 31.0 Å². The van der Waals surface area contributed by atoms with Crippen molar-refractivity contribution in [3.05, 3.63) is 43.8 Å². The van der Waals surface area contributed by atoms with E-state index in [4.69, 9.17) is 0 Å². The van der Waals surface area contributed by atoms with Gasteiger partial charge in [-0.2, -0.15) is 25.3 Å². The van der Waals surface area contributed by atoms with Gasteiger partial charge in [0.15, 0.2) is 0 Å². The summed E-state index contributed by atoms with van der Waals surface area (Å²) in [6.07, 6.45) is 10.7. The minimum atomic E-state index is 0.879. The highest BCUT2D eigenvalue weighted by atomic mass is 32.1. The highest BCUT2D eigenvalue weighted by Gasteiger charge is 2.00. The monoisotopic (exact) mass is 370 g/mol. The summed E-state index contributed by atoms with van der Waals surface area (Å²) in [5.41, 5.74) is 0. The normalized spacial score (nSPS) is 11.2. The summed E-state index contributed by atoms with van der Waals surface area (Å²) in [6.45, 7) is 0. The molecule has 0 atom stereocenters. The van der Waals surface area contributed by atoms with E-state index in [9.17, 15) is 0 Å². The van der Waals surface area contributed by atoms with E-state index in [-0.39, 0.29) is 0 Å². The lowest BCUT2D eigenvalue weighted by Crippen LogP contribution is -1.85. The SMILES string of the molecule is SCc1ccc(CCCCCCCCc2ccc(CS)s2)s1. The maximum absolute atomic E-state index is 4.32. The molecule has 22 heavy (non-hydrogen) atoms. The van der Waals surface area contributed by atoms with Crippen LogP contribution in [0, 0.1) is 0 Å². The van der Waals surface area contributed by atoms with Gasteiger partial charge in [0.1, 0.15) is 0 Å². The van der Waals surface area contributed by atoms with Gasteiger partial charge in [-0.15, -0.1) is 22.7 Å². The first-order valence-electron chi connectivity index (χ1n) is 8.18. The van der Waals surface area contributed by atoms with Crippen LogP contribution >= 0.6 is 47.9 Å². The van der Waals surface area contributed by atoms with Gasteiger partial charge >= 0.3 is 0 Å². The minimum Gasteiger partial charge on any atom is -0.174 e. The van der Waals surface area contributed by atoms with E-state index < -0.39 is 0 Å². The number of thiol groups is 2. The summed E-state index contributed by atoms with van der Waals surface area (Å²) in [5.74, 6) is 1.76. The Bertz CT molecular complexity index is 478. The largest absolute Gasteiger partial charge is 0.174 e. The maximum atomic E-state index is 4.32. The molecule has 2 heterocycles. The Morgan fingerprint density at radius 3 is 1.27 bits per heavy atom. The summed E-state index contributed by atoms with van der Waals surface area (Å²) in [4.78, 5) is 5.85. The van der Waals surface area contributed by atoms with Gasteiger partial charge in [-0.05, 0) is 49.9 Å². The number of thiophene rings is 2. The zero-order valence-electron chi connectivity index (χ0n) is 13.1. The second-order valence-corrected chi connectivity index (χ2v) is 8.81. The third-order valence-electron chi connectivity index (χ3n) is 3.84. The number of unbranched alkanes of at least 4 members (excludes halogenated alkanes) is 5. The first-order valence-corrected chi connectivity index (χ1v) is 11.1. The molecule has 2 aromatic heterocycles. The van der Waals surface area contributed by atoms with Crippen LogP contribution in [0.1, 0.15) is 58.0 Å². The van der Waals surface area contributed by atoms with Crippen molar-refractivity contribution in [3.63, 3.8) is 0 Å². The van der Waals surface area contributed by atoms with Crippen LogP contribution in [0.2, 0.25) is 0 Å². The van der Waals surface area contributed by atoms with Gasteiger partial charge in [-0.3, -0.25) is 0 Å². The lowest BCUT2D eigenvalue weighted by atomic mass is 10.1. The third-order valence-corrected chi connectivity index (χ3v) is 7.24. The Morgan fingerprint density at radius 1 is 0.545 bits per heavy atom. The zero-order valence-corrected chi connectivity index (χ0v) is 16.5. The van der Waals surface area contributed by atoms with Gasteiger partial charge in [0.05, 0.1) is 0 Å². The molecule has 0 aromatic carbocycles. The van der Waals surface area contributed by atoms with E-state index in [1.807, 2.05) is 22.7 Å². The Kier molecular flexibility index (Phi) is 9.05. The van der Waals surface area contributed by atoms with E-state index in [0.717, 1.165) is 11.5 Å². The molecule has 4 heteroatoms. The molecule has 2 aromatic rings. The van der Waals surface area contributed by atoms with Gasteiger partial charge in [-0.1, -0.05) is 25.7 Å². The van der Waals surface area contributed by atoms with Gasteiger partial charge in [0.25, 0.3) is 0 Å². The van der Waals surface area contributed by atoms with E-state index in [1.165, 1.54) is 70.9 Å². The van der Waals surface area contributed by atoms with Crippen molar-refractivity contribution in [1.82, 2.24) is 0 Å². The summed E-state index contributed by atoms with van der Waals surface area (Å²) >= 11 is 12.5. The van der Waals surface area contributed by atoms with Crippen LogP contribution in [0.5, 0.6) is 0 Å². The Hall–Kier alpha value is 0.1000. The average molecular weight is 371 g/mol. The van der Waals surface area contributed by atoms with Crippen molar-refractivity contribution < 1.29 is 0 Å². The topological polar surface area (TPSA) is 0 Å². The molecule has 122 valence electrons. The molecule has 0 N–H and O–H groups in total. The van der Waals surface area contributed by atoms with Gasteiger partial charge in [0.2, 0.25) is 0 Å². The molecule has 0 aliphatic rings. The van der Waals surface area contributed by atoms with Crippen LogP contribution < -0.4 is 0 Å². The van der Waals surface area contributed by atoms with Crippen molar-refractivity contribution in [2.75, 3.05) is 0 Å². The van der Waals surface area contributed by atoms with Crippen molar-refractivity contribution in [3.8, 4) is 0 Å². The van der Waals surface area contributed by atoms with Crippen LogP contribution in [0.25, 0.3) is 0 Å². The summed E-state index contributed by atoms with van der Waals surface area (Å²) in [7, 11) is 0. The molecule has 0 fully saturated rings. The Balaban J connectivity index is 1.45. The molecule has 0 nitrogen and oxygen atoms in total. The van der Waals surface area contributed by atoms with Crippen LogP contribution in [-0.2, 0) is 24.3 Å². The quantitative estimate of drug-likeness (QED) is 0.315. The third kappa shape index (κ3) is 6.69. The number of hydrogen-bond donors (Lipinski definition) is 2. The first kappa shape index (κ1) is 18.4. The minimum absolute atomic E-state index is 0.879. The maximum Gasteiger partial charge on any atom is 0.0248 e. The highest BCUT2D eigenvalue weighted by Crippen LogP contribution is 2.22. The first-order chi connectivity index (χ1) is 10.8. The lowest BCUT2D eigenvalue weighted by Gasteiger charge is -2.01. The van der Waals surface area contributed by atoms with Crippen molar-refractivity contribution >= 4 is 47.9 Å². The predicted octanol–water partition coefficient (Wildman–Crippen LogP) is 6.80. The van der Waals surface area contributed by atoms with E-state index >= 15 is 0 Å². The second-order valence-electron chi connectivity index (χ2n) is 5.67.